The molecular formula is C24H20N6. The van der Waals surface area contributed by atoms with Crippen molar-refractivity contribution in [2.75, 3.05) is 5.32 Å². The van der Waals surface area contributed by atoms with E-state index in [0.717, 1.165) is 28.0 Å². The third-order valence-corrected chi connectivity index (χ3v) is 5.07. The van der Waals surface area contributed by atoms with E-state index in [1.165, 1.54) is 5.56 Å². The van der Waals surface area contributed by atoms with E-state index in [1.807, 2.05) is 47.2 Å². The number of para-hydroxylation sites is 1. The van der Waals surface area contributed by atoms with Crippen molar-refractivity contribution in [3.05, 3.63) is 97.3 Å². The van der Waals surface area contributed by atoms with Gasteiger partial charge in [-0.3, -0.25) is 4.98 Å². The molecule has 0 saturated carbocycles. The van der Waals surface area contributed by atoms with E-state index in [2.05, 4.69) is 46.5 Å². The smallest absolute Gasteiger partial charge is 0.163 e. The molecular weight excluding hydrogens is 372 g/mol. The summed E-state index contributed by atoms with van der Waals surface area (Å²) in [7, 11) is 0. The second-order valence-corrected chi connectivity index (χ2v) is 7.08. The van der Waals surface area contributed by atoms with E-state index in [0.29, 0.717) is 5.82 Å². The Bertz CT molecular complexity index is 1260. The van der Waals surface area contributed by atoms with Crippen LogP contribution in [0.1, 0.15) is 18.5 Å². The SMILES string of the molecule is CC(Nc1nc(-c2cccnc2)nc2ccccc12)c1ccc(-n2ccnc2)cc1. The molecule has 1 atom stereocenters. The molecule has 0 bridgehead atoms. The van der Waals surface area contributed by atoms with Crippen LogP contribution in [0.2, 0.25) is 0 Å². The Hall–Kier alpha value is -4.06. The summed E-state index contributed by atoms with van der Waals surface area (Å²) in [5.74, 6) is 1.47. The van der Waals surface area contributed by atoms with Crippen molar-refractivity contribution in [3.63, 3.8) is 0 Å². The Labute approximate surface area is 174 Å². The number of fused-ring (bicyclic) bond motifs is 1. The molecule has 0 aliphatic carbocycles. The first-order valence-corrected chi connectivity index (χ1v) is 9.80. The monoisotopic (exact) mass is 392 g/mol. The summed E-state index contributed by atoms with van der Waals surface area (Å²) >= 11 is 0. The van der Waals surface area contributed by atoms with Crippen molar-refractivity contribution >= 4 is 16.7 Å². The van der Waals surface area contributed by atoms with Gasteiger partial charge in [0, 0.05) is 47.5 Å². The molecule has 0 aliphatic rings. The van der Waals surface area contributed by atoms with Crippen LogP contribution in [0.3, 0.4) is 0 Å². The number of imidazole rings is 1. The van der Waals surface area contributed by atoms with Gasteiger partial charge in [-0.25, -0.2) is 15.0 Å². The van der Waals surface area contributed by atoms with Crippen LogP contribution in [0.4, 0.5) is 5.82 Å². The van der Waals surface area contributed by atoms with Crippen LogP contribution in [-0.4, -0.2) is 24.5 Å². The van der Waals surface area contributed by atoms with Gasteiger partial charge in [0.05, 0.1) is 11.8 Å². The van der Waals surface area contributed by atoms with Crippen LogP contribution in [0.25, 0.3) is 28.0 Å². The Morgan fingerprint density at radius 1 is 0.867 bits per heavy atom. The summed E-state index contributed by atoms with van der Waals surface area (Å²) in [4.78, 5) is 17.9. The largest absolute Gasteiger partial charge is 0.363 e. The summed E-state index contributed by atoms with van der Waals surface area (Å²) in [6.07, 6.45) is 9.04. The van der Waals surface area contributed by atoms with E-state index in [4.69, 9.17) is 9.97 Å². The lowest BCUT2D eigenvalue weighted by Gasteiger charge is -2.18. The number of nitrogens with one attached hydrogen (secondary N) is 1. The molecule has 0 amide bonds. The van der Waals surface area contributed by atoms with Gasteiger partial charge in [-0.2, -0.15) is 0 Å². The number of anilines is 1. The van der Waals surface area contributed by atoms with Crippen molar-refractivity contribution in [1.82, 2.24) is 24.5 Å². The molecule has 0 radical (unpaired) electrons. The minimum absolute atomic E-state index is 0.0712. The van der Waals surface area contributed by atoms with Crippen LogP contribution >= 0.6 is 0 Å². The molecule has 0 spiro atoms. The maximum absolute atomic E-state index is 4.82. The van der Waals surface area contributed by atoms with Crippen molar-refractivity contribution in [2.24, 2.45) is 0 Å². The molecule has 5 aromatic rings. The molecule has 5 rings (SSSR count). The second-order valence-electron chi connectivity index (χ2n) is 7.08. The number of nitrogens with zero attached hydrogens (tertiary/aromatic N) is 5. The third-order valence-electron chi connectivity index (χ3n) is 5.07. The van der Waals surface area contributed by atoms with Gasteiger partial charge in [-0.1, -0.05) is 24.3 Å². The first kappa shape index (κ1) is 18.0. The van der Waals surface area contributed by atoms with Gasteiger partial charge in [-0.05, 0) is 48.9 Å². The minimum atomic E-state index is 0.0712. The lowest BCUT2D eigenvalue weighted by molar-refractivity contribution is 0.874. The fourth-order valence-corrected chi connectivity index (χ4v) is 3.45. The number of hydrogen-bond acceptors (Lipinski definition) is 5. The number of hydrogen-bond donors (Lipinski definition) is 1. The van der Waals surface area contributed by atoms with Gasteiger partial charge in [0.2, 0.25) is 0 Å². The number of pyridine rings is 1. The molecule has 30 heavy (non-hydrogen) atoms. The minimum Gasteiger partial charge on any atom is -0.363 e. The molecule has 1 N–H and O–H groups in total. The zero-order valence-electron chi connectivity index (χ0n) is 16.5. The van der Waals surface area contributed by atoms with Crippen molar-refractivity contribution in [2.45, 2.75) is 13.0 Å². The molecule has 3 heterocycles. The average molecular weight is 392 g/mol. The first-order chi connectivity index (χ1) is 14.8. The highest BCUT2D eigenvalue weighted by atomic mass is 15.1. The van der Waals surface area contributed by atoms with Crippen LogP contribution < -0.4 is 5.32 Å². The van der Waals surface area contributed by atoms with Crippen LogP contribution in [0.15, 0.2) is 91.8 Å². The molecule has 6 heteroatoms. The van der Waals surface area contributed by atoms with E-state index in [1.54, 1.807) is 24.9 Å². The van der Waals surface area contributed by atoms with Crippen molar-refractivity contribution in [1.29, 1.82) is 0 Å². The molecule has 146 valence electrons. The van der Waals surface area contributed by atoms with Gasteiger partial charge in [0.1, 0.15) is 5.82 Å². The predicted molar refractivity (Wildman–Crippen MR) is 118 cm³/mol. The predicted octanol–water partition coefficient (Wildman–Crippen LogP) is 5.05. The fraction of sp³-hybridized carbons (Fsp3) is 0.0833. The highest BCUT2D eigenvalue weighted by molar-refractivity contribution is 5.90. The maximum Gasteiger partial charge on any atom is 0.163 e. The zero-order chi connectivity index (χ0) is 20.3. The number of aromatic nitrogens is 5. The highest BCUT2D eigenvalue weighted by Gasteiger charge is 2.13. The Kier molecular flexibility index (Phi) is 4.65. The van der Waals surface area contributed by atoms with Crippen LogP contribution in [-0.2, 0) is 0 Å². The highest BCUT2D eigenvalue weighted by Crippen LogP contribution is 2.28. The topological polar surface area (TPSA) is 68.5 Å². The van der Waals surface area contributed by atoms with Gasteiger partial charge in [0.15, 0.2) is 5.82 Å². The van der Waals surface area contributed by atoms with E-state index in [-0.39, 0.29) is 6.04 Å². The average Bonchev–Trinajstić information content (AvgIpc) is 3.35. The van der Waals surface area contributed by atoms with E-state index >= 15 is 0 Å². The zero-order valence-corrected chi connectivity index (χ0v) is 16.5. The lowest BCUT2D eigenvalue weighted by Crippen LogP contribution is -2.09. The van der Waals surface area contributed by atoms with E-state index in [9.17, 15) is 0 Å². The van der Waals surface area contributed by atoms with Gasteiger partial charge in [0.25, 0.3) is 0 Å². The molecule has 6 nitrogen and oxygen atoms in total. The lowest BCUT2D eigenvalue weighted by atomic mass is 10.1. The number of benzene rings is 2. The Balaban J connectivity index is 1.48. The third kappa shape index (κ3) is 3.51. The molecule has 0 aliphatic heterocycles. The second kappa shape index (κ2) is 7.75. The fourth-order valence-electron chi connectivity index (χ4n) is 3.45. The molecule has 3 aromatic heterocycles. The summed E-state index contributed by atoms with van der Waals surface area (Å²) in [6.45, 7) is 2.13. The molecule has 2 aromatic carbocycles. The van der Waals surface area contributed by atoms with E-state index < -0.39 is 0 Å². The summed E-state index contributed by atoms with van der Waals surface area (Å²) in [6, 6.07) is 20.4. The molecule has 0 saturated heterocycles. The standard InChI is InChI=1S/C24H20N6/c1-17(18-8-10-20(11-9-18)30-14-13-26-16-30)27-24-21-6-2-3-7-22(21)28-23(29-24)19-5-4-12-25-15-19/h2-17H,1H3,(H,27,28,29). The van der Waals surface area contributed by atoms with Crippen LogP contribution in [0, 0.1) is 0 Å². The first-order valence-electron chi connectivity index (χ1n) is 9.80. The molecule has 0 fully saturated rings. The summed E-state index contributed by atoms with van der Waals surface area (Å²) < 4.78 is 1.99. The Morgan fingerprint density at radius 3 is 2.50 bits per heavy atom. The van der Waals surface area contributed by atoms with Crippen molar-refractivity contribution < 1.29 is 0 Å². The maximum atomic E-state index is 4.82. The quantitative estimate of drug-likeness (QED) is 0.453. The normalized spacial score (nSPS) is 12.0. The Morgan fingerprint density at radius 2 is 1.73 bits per heavy atom. The van der Waals surface area contributed by atoms with Crippen molar-refractivity contribution in [3.8, 4) is 17.1 Å². The van der Waals surface area contributed by atoms with Gasteiger partial charge in [-0.15, -0.1) is 0 Å². The summed E-state index contributed by atoms with van der Waals surface area (Å²) in [5, 5.41) is 4.57. The molecule has 1 unspecified atom stereocenters. The van der Waals surface area contributed by atoms with Crippen LogP contribution in [0.5, 0.6) is 0 Å². The number of rotatable bonds is 5. The van der Waals surface area contributed by atoms with Gasteiger partial charge < -0.3 is 9.88 Å². The summed E-state index contributed by atoms with van der Waals surface area (Å²) in [5.41, 5.74) is 4.04. The van der Waals surface area contributed by atoms with Gasteiger partial charge >= 0.3 is 0 Å².